The van der Waals surface area contributed by atoms with Gasteiger partial charge in [-0.2, -0.15) is 13.2 Å². The van der Waals surface area contributed by atoms with Crippen LogP contribution in [0.1, 0.15) is 33.2 Å². The number of likely N-dealkylation sites (N-methyl/N-ethyl adjacent to an activating group) is 1. The summed E-state index contributed by atoms with van der Waals surface area (Å²) in [4.78, 5) is 26.9. The Balaban J connectivity index is 0.000000279. The lowest BCUT2D eigenvalue weighted by Crippen LogP contribution is -2.36. The highest BCUT2D eigenvalue weighted by atomic mass is 19.4. The number of aromatic amines is 1. The molecule has 2 aromatic heterocycles. The summed E-state index contributed by atoms with van der Waals surface area (Å²) in [5, 5.41) is 10.4. The van der Waals surface area contributed by atoms with Gasteiger partial charge in [-0.15, -0.1) is 0 Å². The molecule has 0 aromatic carbocycles. The number of aliphatic carboxylic acids is 1. The lowest BCUT2D eigenvalue weighted by Gasteiger charge is -2.34. The molecule has 0 amide bonds. The number of allylic oxidation sites excluding steroid dienone is 1. The van der Waals surface area contributed by atoms with E-state index in [2.05, 4.69) is 22.2 Å². The minimum absolute atomic E-state index is 0.0475. The maximum Gasteiger partial charge on any atom is 0.490 e. The normalized spacial score (nSPS) is 18.6. The molecule has 2 aromatic rings. The first kappa shape index (κ1) is 19.7. The second-order valence-electron chi connectivity index (χ2n) is 6.48. The summed E-state index contributed by atoms with van der Waals surface area (Å²) >= 11 is 0. The lowest BCUT2D eigenvalue weighted by atomic mass is 9.88. The second kappa shape index (κ2) is 7.55. The zero-order valence-electron chi connectivity index (χ0n) is 14.8. The topological polar surface area (TPSA) is 98.6 Å². The van der Waals surface area contributed by atoms with E-state index in [4.69, 9.17) is 14.3 Å². The Bertz CT molecular complexity index is 900. The molecule has 4 rings (SSSR count). The molecule has 7 nitrogen and oxygen atoms in total. The van der Waals surface area contributed by atoms with Crippen molar-refractivity contribution in [3.8, 4) is 0 Å². The van der Waals surface area contributed by atoms with Crippen LogP contribution in [0.15, 0.2) is 41.0 Å². The average molecular weight is 397 g/mol. The maximum absolute atomic E-state index is 12.6. The van der Waals surface area contributed by atoms with Crippen LogP contribution in [0, 0.1) is 0 Å². The van der Waals surface area contributed by atoms with E-state index in [0.717, 1.165) is 29.8 Å². The van der Waals surface area contributed by atoms with Gasteiger partial charge < -0.3 is 19.8 Å². The third-order valence-electron chi connectivity index (χ3n) is 4.61. The van der Waals surface area contributed by atoms with Crippen molar-refractivity contribution in [2.45, 2.75) is 25.2 Å². The predicted molar refractivity (Wildman–Crippen MR) is 91.5 cm³/mol. The number of halogens is 3. The van der Waals surface area contributed by atoms with Gasteiger partial charge in [-0.05, 0) is 31.2 Å². The van der Waals surface area contributed by atoms with Crippen molar-refractivity contribution in [1.29, 1.82) is 0 Å². The number of hydrogen-bond donors (Lipinski definition) is 3. The van der Waals surface area contributed by atoms with Gasteiger partial charge in [0.05, 0.1) is 30.0 Å². The molecule has 0 spiro atoms. The van der Waals surface area contributed by atoms with Crippen LogP contribution < -0.4 is 5.32 Å². The summed E-state index contributed by atoms with van der Waals surface area (Å²) < 4.78 is 36.8. The molecular formula is C18H18F3N3O4. The van der Waals surface area contributed by atoms with Crippen LogP contribution in [-0.4, -0.2) is 46.5 Å². The number of carboxylic acids is 1. The van der Waals surface area contributed by atoms with Gasteiger partial charge in [0, 0.05) is 30.4 Å². The van der Waals surface area contributed by atoms with Crippen LogP contribution in [0.4, 0.5) is 13.2 Å². The standard InChI is InChI=1S/C16H17N3O2.C2HF3O2/c1-19-4-2-11-8-18-15-14(11)13(19)6-12(16(15)20)17-7-10-3-5-21-9-10;3-2(4,5)1(6)7/h3,5-6,8-9,13,17-18H,2,4,7H2,1H3;(H,6,7). The zero-order valence-corrected chi connectivity index (χ0v) is 14.8. The molecule has 0 fully saturated rings. The Hall–Kier alpha value is -3.01. The Labute approximate surface area is 157 Å². The van der Waals surface area contributed by atoms with Crippen molar-refractivity contribution in [2.75, 3.05) is 13.6 Å². The summed E-state index contributed by atoms with van der Waals surface area (Å²) in [6.07, 6.45) is 3.26. The molecule has 2 aliphatic rings. The van der Waals surface area contributed by atoms with Gasteiger partial charge in [-0.1, -0.05) is 0 Å². The smallest absolute Gasteiger partial charge is 0.475 e. The molecule has 0 bridgehead atoms. The van der Waals surface area contributed by atoms with Gasteiger partial charge in [0.2, 0.25) is 5.78 Å². The van der Waals surface area contributed by atoms with Gasteiger partial charge in [0.1, 0.15) is 0 Å². The monoisotopic (exact) mass is 397 g/mol. The quantitative estimate of drug-likeness (QED) is 0.737. The summed E-state index contributed by atoms with van der Waals surface area (Å²) in [5.74, 6) is -2.71. The van der Waals surface area contributed by atoms with Crippen molar-refractivity contribution in [3.63, 3.8) is 0 Å². The minimum Gasteiger partial charge on any atom is -0.475 e. The summed E-state index contributed by atoms with van der Waals surface area (Å²) in [6, 6.07) is 2.07. The fourth-order valence-corrected chi connectivity index (χ4v) is 3.17. The van der Waals surface area contributed by atoms with E-state index in [1.165, 1.54) is 5.56 Å². The van der Waals surface area contributed by atoms with Crippen molar-refractivity contribution in [2.24, 2.45) is 0 Å². The molecule has 10 heteroatoms. The number of carbonyl (C=O) groups is 2. The molecular weight excluding hydrogens is 379 g/mol. The Kier molecular flexibility index (Phi) is 5.32. The summed E-state index contributed by atoms with van der Waals surface area (Å²) in [7, 11) is 2.10. The number of nitrogens with zero attached hydrogens (tertiary/aromatic N) is 1. The van der Waals surface area contributed by atoms with Crippen molar-refractivity contribution in [1.82, 2.24) is 15.2 Å². The molecule has 0 saturated carbocycles. The molecule has 0 saturated heterocycles. The van der Waals surface area contributed by atoms with Crippen LogP contribution in [0.2, 0.25) is 0 Å². The number of hydrogen-bond acceptors (Lipinski definition) is 5. The third-order valence-corrected chi connectivity index (χ3v) is 4.61. The molecule has 1 atom stereocenters. The first-order valence-corrected chi connectivity index (χ1v) is 8.40. The molecule has 28 heavy (non-hydrogen) atoms. The highest BCUT2D eigenvalue weighted by Crippen LogP contribution is 2.37. The number of furan rings is 1. The van der Waals surface area contributed by atoms with Crippen molar-refractivity contribution >= 4 is 11.8 Å². The van der Waals surface area contributed by atoms with Gasteiger partial charge in [0.15, 0.2) is 0 Å². The van der Waals surface area contributed by atoms with Crippen LogP contribution in [-0.2, 0) is 17.8 Å². The molecule has 1 aliphatic carbocycles. The highest BCUT2D eigenvalue weighted by Gasteiger charge is 2.38. The van der Waals surface area contributed by atoms with E-state index in [1.807, 2.05) is 18.3 Å². The molecule has 3 N–H and O–H groups in total. The summed E-state index contributed by atoms with van der Waals surface area (Å²) in [6.45, 7) is 1.60. The second-order valence-corrected chi connectivity index (χ2v) is 6.48. The van der Waals surface area contributed by atoms with Gasteiger partial charge in [-0.25, -0.2) is 4.79 Å². The van der Waals surface area contributed by atoms with E-state index in [9.17, 15) is 18.0 Å². The van der Waals surface area contributed by atoms with E-state index in [0.29, 0.717) is 12.2 Å². The van der Waals surface area contributed by atoms with Gasteiger partial charge in [0.25, 0.3) is 0 Å². The van der Waals surface area contributed by atoms with Crippen LogP contribution in [0.25, 0.3) is 0 Å². The number of Topliss-reactive ketones (excluding diaryl/α,β-unsaturated/α-hetero) is 1. The number of rotatable bonds is 3. The molecule has 1 aliphatic heterocycles. The number of nitrogens with one attached hydrogen (secondary N) is 2. The Morgan fingerprint density at radius 2 is 2.18 bits per heavy atom. The SMILES string of the molecule is CN1CCc2c[nH]c3c2C1C=C(NCc1ccoc1)C3=O.O=C(O)C(F)(F)F. The van der Waals surface area contributed by atoms with Gasteiger partial charge >= 0.3 is 12.1 Å². The van der Waals surface area contributed by atoms with E-state index < -0.39 is 12.1 Å². The van der Waals surface area contributed by atoms with Crippen molar-refractivity contribution < 1.29 is 32.3 Å². The number of aromatic nitrogens is 1. The number of H-pyrrole nitrogens is 1. The highest BCUT2D eigenvalue weighted by molar-refractivity contribution is 6.09. The van der Waals surface area contributed by atoms with Crippen LogP contribution in [0.5, 0.6) is 0 Å². The zero-order chi connectivity index (χ0) is 20.5. The van der Waals surface area contributed by atoms with Crippen LogP contribution in [0.3, 0.4) is 0 Å². The number of carboxylic acid groups (broad SMARTS) is 1. The number of alkyl halides is 3. The largest absolute Gasteiger partial charge is 0.490 e. The van der Waals surface area contributed by atoms with E-state index in [-0.39, 0.29) is 11.8 Å². The van der Waals surface area contributed by atoms with Gasteiger partial charge in [-0.3, -0.25) is 9.69 Å². The Morgan fingerprint density at radius 3 is 2.79 bits per heavy atom. The van der Waals surface area contributed by atoms with Crippen molar-refractivity contribution in [3.05, 3.63) is 58.9 Å². The van der Waals surface area contributed by atoms with E-state index >= 15 is 0 Å². The first-order chi connectivity index (χ1) is 13.2. The molecule has 3 heterocycles. The first-order valence-electron chi connectivity index (χ1n) is 8.40. The molecule has 0 radical (unpaired) electrons. The third kappa shape index (κ3) is 3.96. The predicted octanol–water partition coefficient (Wildman–Crippen LogP) is 2.64. The molecule has 150 valence electrons. The van der Waals surface area contributed by atoms with Crippen LogP contribution >= 0.6 is 0 Å². The molecule has 1 unspecified atom stereocenters. The fraction of sp³-hybridized carbons (Fsp3) is 0.333. The minimum atomic E-state index is -5.08. The number of carbonyl (C=O) groups excluding carboxylic acids is 1. The summed E-state index contributed by atoms with van der Waals surface area (Å²) in [5.41, 5.74) is 4.85. The number of ketones is 1. The van der Waals surface area contributed by atoms with E-state index in [1.54, 1.807) is 12.5 Å². The maximum atomic E-state index is 12.6. The average Bonchev–Trinajstić information content (AvgIpc) is 3.29. The Morgan fingerprint density at radius 1 is 1.46 bits per heavy atom. The lowest BCUT2D eigenvalue weighted by molar-refractivity contribution is -0.192. The fourth-order valence-electron chi connectivity index (χ4n) is 3.17.